The molecule has 1 aliphatic carbocycles. The van der Waals surface area contributed by atoms with E-state index in [1.807, 2.05) is 17.4 Å². The molecule has 0 bridgehead atoms. The van der Waals surface area contributed by atoms with Crippen LogP contribution in [-0.2, 0) is 6.42 Å². The highest BCUT2D eigenvalue weighted by Crippen LogP contribution is 2.34. The smallest absolute Gasteiger partial charge is 0.261 e. The molecule has 1 aliphatic rings. The van der Waals surface area contributed by atoms with E-state index in [0.29, 0.717) is 17.1 Å². The summed E-state index contributed by atoms with van der Waals surface area (Å²) < 4.78 is 14.8. The predicted octanol–water partition coefficient (Wildman–Crippen LogP) is 2.27. The van der Waals surface area contributed by atoms with Gasteiger partial charge in [0.05, 0.1) is 18.0 Å². The maximum atomic E-state index is 12.9. The van der Waals surface area contributed by atoms with Gasteiger partial charge in [-0.1, -0.05) is 6.92 Å². The van der Waals surface area contributed by atoms with E-state index in [0.717, 1.165) is 42.3 Å². The second-order valence-corrected chi connectivity index (χ2v) is 5.99. The van der Waals surface area contributed by atoms with Crippen LogP contribution in [0.1, 0.15) is 46.7 Å². The second-order valence-electron chi connectivity index (χ2n) is 5.99. The number of carbonyl (C=O) groups excluding carboxylic acids is 1. The van der Waals surface area contributed by atoms with Gasteiger partial charge in [0.15, 0.2) is 11.5 Å². The number of aromatic nitrogens is 5. The van der Waals surface area contributed by atoms with Gasteiger partial charge in [-0.2, -0.15) is 0 Å². The largest absolute Gasteiger partial charge is 0.290 e. The molecule has 0 radical (unpaired) electrons. The highest BCUT2D eigenvalue weighted by Gasteiger charge is 2.27. The summed E-state index contributed by atoms with van der Waals surface area (Å²) in [5, 5.41) is 10.8. The molecular weight excluding hydrogens is 311 g/mol. The van der Waals surface area contributed by atoms with Gasteiger partial charge < -0.3 is 0 Å². The summed E-state index contributed by atoms with van der Waals surface area (Å²) in [6.07, 6.45) is 3.98. The molecule has 7 nitrogen and oxygen atoms in total. The molecule has 8 heteroatoms. The van der Waals surface area contributed by atoms with E-state index in [-0.39, 0.29) is 11.9 Å². The number of halogens is 1. The Hall–Kier alpha value is -2.90. The van der Waals surface area contributed by atoms with Crippen molar-refractivity contribution in [3.05, 3.63) is 46.9 Å². The van der Waals surface area contributed by atoms with Crippen LogP contribution in [0.2, 0.25) is 0 Å². The second kappa shape index (κ2) is 5.33. The first kappa shape index (κ1) is 14.7. The van der Waals surface area contributed by atoms with Crippen LogP contribution in [0.3, 0.4) is 0 Å². The van der Waals surface area contributed by atoms with Crippen molar-refractivity contribution in [3.63, 3.8) is 0 Å². The van der Waals surface area contributed by atoms with Gasteiger partial charge >= 0.3 is 0 Å². The Morgan fingerprint density at radius 2 is 2.08 bits per heavy atom. The first-order valence-electron chi connectivity index (χ1n) is 7.71. The van der Waals surface area contributed by atoms with Crippen molar-refractivity contribution in [2.24, 2.45) is 0 Å². The Balaban J connectivity index is 1.80. The topological polar surface area (TPSA) is 85.1 Å². The van der Waals surface area contributed by atoms with E-state index in [2.05, 4.69) is 32.4 Å². The number of hydrogen-bond donors (Lipinski definition) is 1. The van der Waals surface area contributed by atoms with E-state index in [9.17, 15) is 9.18 Å². The van der Waals surface area contributed by atoms with Crippen LogP contribution < -0.4 is 5.32 Å². The molecule has 4 rings (SSSR count). The van der Waals surface area contributed by atoms with Gasteiger partial charge in [-0.15, -0.1) is 10.2 Å². The van der Waals surface area contributed by atoms with Gasteiger partial charge in [0.2, 0.25) is 5.95 Å². The normalized spacial score (nSPS) is 16.4. The van der Waals surface area contributed by atoms with Crippen LogP contribution >= 0.6 is 0 Å². The molecule has 3 aromatic rings. The molecule has 0 aromatic carbocycles. The minimum absolute atomic E-state index is 0.0457. The fraction of sp³-hybridized carbons (Fsp3) is 0.312. The third-order valence-electron chi connectivity index (χ3n) is 4.40. The Morgan fingerprint density at radius 1 is 1.33 bits per heavy atom. The quantitative estimate of drug-likeness (QED) is 0.781. The maximum Gasteiger partial charge on any atom is 0.261 e. The van der Waals surface area contributed by atoms with Gasteiger partial charge in [-0.25, -0.2) is 14.4 Å². The van der Waals surface area contributed by atoms with E-state index in [4.69, 9.17) is 0 Å². The molecule has 0 saturated heterocycles. The summed E-state index contributed by atoms with van der Waals surface area (Å²) in [5.41, 5.74) is 3.22. The van der Waals surface area contributed by atoms with E-state index in [1.54, 1.807) is 0 Å². The lowest BCUT2D eigenvalue weighted by Gasteiger charge is -2.11. The molecule has 3 heterocycles. The van der Waals surface area contributed by atoms with Crippen LogP contribution in [0, 0.1) is 12.7 Å². The number of pyridine rings is 1. The molecule has 0 fully saturated rings. The molecule has 1 amide bonds. The number of amides is 1. The van der Waals surface area contributed by atoms with Gasteiger partial charge in [0, 0.05) is 5.69 Å². The summed E-state index contributed by atoms with van der Waals surface area (Å²) >= 11 is 0. The minimum atomic E-state index is -0.560. The zero-order chi connectivity index (χ0) is 16.8. The molecule has 0 saturated carbocycles. The summed E-state index contributed by atoms with van der Waals surface area (Å²) in [6, 6.07) is 1.87. The van der Waals surface area contributed by atoms with Crippen molar-refractivity contribution in [2.75, 3.05) is 5.32 Å². The monoisotopic (exact) mass is 326 g/mol. The number of anilines is 1. The summed E-state index contributed by atoms with van der Waals surface area (Å²) in [6.45, 7) is 4.01. The molecule has 0 aliphatic heterocycles. The van der Waals surface area contributed by atoms with Gasteiger partial charge in [0.1, 0.15) is 5.82 Å². The number of hydrogen-bond acceptors (Lipinski definition) is 5. The number of nitrogens with one attached hydrogen (secondary N) is 1. The van der Waals surface area contributed by atoms with Crippen molar-refractivity contribution >= 4 is 17.5 Å². The number of nitrogens with zero attached hydrogens (tertiary/aromatic N) is 5. The Kier molecular flexibility index (Phi) is 3.26. The highest BCUT2D eigenvalue weighted by atomic mass is 19.1. The molecule has 1 atom stereocenters. The number of aryl methyl sites for hydroxylation is 2. The average molecular weight is 326 g/mol. The Labute approximate surface area is 137 Å². The molecule has 0 unspecified atom stereocenters. The standard InChI is InChI=1S/C16H15FN6O/c1-8-3-4-13-11(8)5-12(14-22-21-9(2)23(13)14)15(24)20-16-18-6-10(17)7-19-16/h5-8H,3-4H2,1-2H3,(H,18,19,20,24)/t8-/m1/s1. The molecule has 122 valence electrons. The maximum absolute atomic E-state index is 12.9. The van der Waals surface area contributed by atoms with E-state index >= 15 is 0 Å². The summed E-state index contributed by atoms with van der Waals surface area (Å²) in [7, 11) is 0. The highest BCUT2D eigenvalue weighted by molar-refractivity contribution is 6.07. The van der Waals surface area contributed by atoms with Crippen molar-refractivity contribution in [1.29, 1.82) is 0 Å². The Bertz CT molecular complexity index is 949. The summed E-state index contributed by atoms with van der Waals surface area (Å²) in [4.78, 5) is 20.2. The minimum Gasteiger partial charge on any atom is -0.290 e. The number of rotatable bonds is 2. The van der Waals surface area contributed by atoms with Gasteiger partial charge in [-0.05, 0) is 37.3 Å². The lowest BCUT2D eigenvalue weighted by Crippen LogP contribution is -2.17. The SMILES string of the molecule is Cc1nnc2c(C(=O)Nc3ncc(F)cn3)cc3c(n12)CC[C@H]3C. The van der Waals surface area contributed by atoms with Crippen molar-refractivity contribution < 1.29 is 9.18 Å². The first-order valence-corrected chi connectivity index (χ1v) is 7.71. The van der Waals surface area contributed by atoms with Crippen LogP contribution in [0.25, 0.3) is 5.65 Å². The number of carbonyl (C=O) groups is 1. The van der Waals surface area contributed by atoms with E-state index < -0.39 is 5.82 Å². The molecular formula is C16H15FN6O. The average Bonchev–Trinajstić information content (AvgIpc) is 3.12. The van der Waals surface area contributed by atoms with Gasteiger partial charge in [-0.3, -0.25) is 14.5 Å². The lowest BCUT2D eigenvalue weighted by molar-refractivity contribution is 0.102. The van der Waals surface area contributed by atoms with Crippen molar-refractivity contribution in [2.45, 2.75) is 32.6 Å². The lowest BCUT2D eigenvalue weighted by atomic mass is 10.0. The molecule has 0 spiro atoms. The summed E-state index contributed by atoms with van der Waals surface area (Å²) in [5.74, 6) is 0.225. The van der Waals surface area contributed by atoms with Crippen LogP contribution in [0.5, 0.6) is 0 Å². The van der Waals surface area contributed by atoms with Crippen LogP contribution in [0.15, 0.2) is 18.5 Å². The zero-order valence-corrected chi connectivity index (χ0v) is 13.2. The third kappa shape index (κ3) is 2.22. The van der Waals surface area contributed by atoms with Crippen LogP contribution in [-0.4, -0.2) is 30.5 Å². The van der Waals surface area contributed by atoms with Crippen molar-refractivity contribution in [3.8, 4) is 0 Å². The van der Waals surface area contributed by atoms with Crippen molar-refractivity contribution in [1.82, 2.24) is 24.6 Å². The third-order valence-corrected chi connectivity index (χ3v) is 4.40. The zero-order valence-electron chi connectivity index (χ0n) is 13.2. The fourth-order valence-electron chi connectivity index (χ4n) is 3.20. The van der Waals surface area contributed by atoms with Gasteiger partial charge in [0.25, 0.3) is 5.91 Å². The van der Waals surface area contributed by atoms with E-state index in [1.165, 1.54) is 0 Å². The number of fused-ring (bicyclic) bond motifs is 3. The predicted molar refractivity (Wildman–Crippen MR) is 84.4 cm³/mol. The first-order chi connectivity index (χ1) is 11.5. The molecule has 24 heavy (non-hydrogen) atoms. The fourth-order valence-corrected chi connectivity index (χ4v) is 3.20. The Morgan fingerprint density at radius 3 is 2.83 bits per heavy atom. The van der Waals surface area contributed by atoms with Crippen LogP contribution in [0.4, 0.5) is 10.3 Å². The molecule has 1 N–H and O–H groups in total. The molecule has 3 aromatic heterocycles.